The van der Waals surface area contributed by atoms with Crippen LogP contribution in [0, 0.1) is 0 Å². The zero-order valence-electron chi connectivity index (χ0n) is 14.0. The van der Waals surface area contributed by atoms with Gasteiger partial charge in [-0.3, -0.25) is 4.79 Å². The van der Waals surface area contributed by atoms with E-state index in [2.05, 4.69) is 10.1 Å². The fourth-order valence-electron chi connectivity index (χ4n) is 2.87. The van der Waals surface area contributed by atoms with Gasteiger partial charge in [0.1, 0.15) is 11.4 Å². The van der Waals surface area contributed by atoms with E-state index in [0.717, 1.165) is 5.56 Å². The Morgan fingerprint density at radius 1 is 0.926 bits per heavy atom. The first-order valence-electron chi connectivity index (χ1n) is 8.22. The molecule has 2 aromatic carbocycles. The number of carbonyl (C=O) groups is 2. The van der Waals surface area contributed by atoms with Gasteiger partial charge in [-0.05, 0) is 6.07 Å². The second-order valence-corrected chi connectivity index (χ2v) is 5.90. The SMILES string of the molecule is O=C(O)c1cc(C(=O)c2c(-c3ccccc3)noc2-c2ccccc2)c[nH]1. The van der Waals surface area contributed by atoms with Gasteiger partial charge in [0.2, 0.25) is 5.78 Å². The van der Waals surface area contributed by atoms with E-state index >= 15 is 0 Å². The number of H-pyrrole nitrogens is 1. The van der Waals surface area contributed by atoms with Crippen LogP contribution in [-0.2, 0) is 0 Å². The molecule has 6 nitrogen and oxygen atoms in total. The van der Waals surface area contributed by atoms with Crippen molar-refractivity contribution in [2.75, 3.05) is 0 Å². The molecular weight excluding hydrogens is 344 g/mol. The molecule has 0 aliphatic heterocycles. The summed E-state index contributed by atoms with van der Waals surface area (Å²) in [4.78, 5) is 26.9. The summed E-state index contributed by atoms with van der Waals surface area (Å²) in [6.07, 6.45) is 1.38. The molecular formula is C21H14N2O4. The third-order valence-electron chi connectivity index (χ3n) is 4.18. The molecule has 0 amide bonds. The maximum Gasteiger partial charge on any atom is 0.352 e. The van der Waals surface area contributed by atoms with Gasteiger partial charge in [-0.1, -0.05) is 65.8 Å². The molecule has 0 atom stereocenters. The number of aromatic amines is 1. The highest BCUT2D eigenvalue weighted by Gasteiger charge is 2.27. The van der Waals surface area contributed by atoms with Crippen LogP contribution < -0.4 is 0 Å². The standard InChI is InChI=1S/C21H14N2O4/c24-19(15-11-16(21(25)26)22-12-15)17-18(13-7-3-1-4-8-13)23-27-20(17)14-9-5-2-6-10-14/h1-12,22H,(H,25,26). The first-order valence-corrected chi connectivity index (χ1v) is 8.22. The summed E-state index contributed by atoms with van der Waals surface area (Å²) >= 11 is 0. The Bertz CT molecular complexity index is 1050. The molecule has 2 heterocycles. The lowest BCUT2D eigenvalue weighted by Gasteiger charge is -2.03. The Labute approximate surface area is 154 Å². The summed E-state index contributed by atoms with van der Waals surface area (Å²) in [6.45, 7) is 0. The van der Waals surface area contributed by atoms with Gasteiger partial charge in [0.25, 0.3) is 0 Å². The maximum atomic E-state index is 13.2. The van der Waals surface area contributed by atoms with Crippen molar-refractivity contribution < 1.29 is 19.2 Å². The van der Waals surface area contributed by atoms with Crippen LogP contribution in [-0.4, -0.2) is 27.0 Å². The van der Waals surface area contributed by atoms with Crippen molar-refractivity contribution in [2.24, 2.45) is 0 Å². The molecule has 0 spiro atoms. The summed E-state index contributed by atoms with van der Waals surface area (Å²) in [5.74, 6) is -1.15. The van der Waals surface area contributed by atoms with Crippen molar-refractivity contribution in [1.29, 1.82) is 0 Å². The quantitative estimate of drug-likeness (QED) is 0.520. The molecule has 132 valence electrons. The zero-order chi connectivity index (χ0) is 18.8. The average molecular weight is 358 g/mol. The molecule has 0 unspecified atom stereocenters. The largest absolute Gasteiger partial charge is 0.477 e. The van der Waals surface area contributed by atoms with Gasteiger partial charge >= 0.3 is 5.97 Å². The second-order valence-electron chi connectivity index (χ2n) is 5.90. The van der Waals surface area contributed by atoms with Gasteiger partial charge in [-0.15, -0.1) is 0 Å². The molecule has 0 radical (unpaired) electrons. The minimum atomic E-state index is -1.13. The van der Waals surface area contributed by atoms with Crippen molar-refractivity contribution in [3.05, 3.63) is 89.7 Å². The van der Waals surface area contributed by atoms with Gasteiger partial charge in [-0.2, -0.15) is 0 Å². The van der Waals surface area contributed by atoms with E-state index in [1.54, 1.807) is 0 Å². The highest BCUT2D eigenvalue weighted by Crippen LogP contribution is 2.34. The lowest BCUT2D eigenvalue weighted by atomic mass is 9.96. The second kappa shape index (κ2) is 6.76. The molecule has 0 aliphatic carbocycles. The van der Waals surface area contributed by atoms with Crippen molar-refractivity contribution >= 4 is 11.8 Å². The third-order valence-corrected chi connectivity index (χ3v) is 4.18. The Kier molecular flexibility index (Phi) is 4.14. The number of aromatic carboxylic acids is 1. The molecule has 2 N–H and O–H groups in total. The zero-order valence-corrected chi connectivity index (χ0v) is 14.0. The molecule has 0 fully saturated rings. The van der Waals surface area contributed by atoms with Crippen LogP contribution >= 0.6 is 0 Å². The predicted molar refractivity (Wildman–Crippen MR) is 98.6 cm³/mol. The molecule has 6 heteroatoms. The van der Waals surface area contributed by atoms with E-state index in [0.29, 0.717) is 22.6 Å². The monoisotopic (exact) mass is 358 g/mol. The van der Waals surface area contributed by atoms with Crippen molar-refractivity contribution in [3.8, 4) is 22.6 Å². The predicted octanol–water partition coefficient (Wildman–Crippen LogP) is 4.27. The summed E-state index contributed by atoms with van der Waals surface area (Å²) in [6, 6.07) is 19.7. The van der Waals surface area contributed by atoms with Crippen LogP contribution in [0.2, 0.25) is 0 Å². The number of carboxylic acid groups (broad SMARTS) is 1. The average Bonchev–Trinajstić information content (AvgIpc) is 3.36. The van der Waals surface area contributed by atoms with Gasteiger partial charge in [0.15, 0.2) is 5.76 Å². The molecule has 4 rings (SSSR count). The fourth-order valence-corrected chi connectivity index (χ4v) is 2.87. The van der Waals surface area contributed by atoms with Gasteiger partial charge in [-0.25, -0.2) is 4.79 Å². The summed E-state index contributed by atoms with van der Waals surface area (Å²) in [5, 5.41) is 13.2. The van der Waals surface area contributed by atoms with E-state index in [9.17, 15) is 9.59 Å². The molecule has 0 aliphatic rings. The number of carbonyl (C=O) groups excluding carboxylic acids is 1. The van der Waals surface area contributed by atoms with Gasteiger partial charge in [0, 0.05) is 22.9 Å². The summed E-state index contributed by atoms with van der Waals surface area (Å²) in [7, 11) is 0. The van der Waals surface area contributed by atoms with E-state index in [1.807, 2.05) is 60.7 Å². The van der Waals surface area contributed by atoms with Gasteiger partial charge < -0.3 is 14.6 Å². The fraction of sp³-hybridized carbons (Fsp3) is 0. The van der Waals surface area contributed by atoms with Crippen LogP contribution in [0.4, 0.5) is 0 Å². The minimum Gasteiger partial charge on any atom is -0.477 e. The third kappa shape index (κ3) is 3.04. The molecule has 0 bridgehead atoms. The van der Waals surface area contributed by atoms with Crippen molar-refractivity contribution in [3.63, 3.8) is 0 Å². The Morgan fingerprint density at radius 2 is 1.56 bits per heavy atom. The van der Waals surface area contributed by atoms with E-state index < -0.39 is 5.97 Å². The Hall–Kier alpha value is -3.93. The summed E-state index contributed by atoms with van der Waals surface area (Å²) in [5.41, 5.74) is 2.33. The number of aromatic nitrogens is 2. The molecule has 2 aromatic heterocycles. The van der Waals surface area contributed by atoms with Crippen molar-refractivity contribution in [1.82, 2.24) is 10.1 Å². The number of hydrogen-bond donors (Lipinski definition) is 2. The van der Waals surface area contributed by atoms with Crippen molar-refractivity contribution in [2.45, 2.75) is 0 Å². The Balaban J connectivity index is 1.89. The first kappa shape index (κ1) is 16.5. The molecule has 27 heavy (non-hydrogen) atoms. The number of rotatable bonds is 5. The van der Waals surface area contributed by atoms with Crippen LogP contribution in [0.5, 0.6) is 0 Å². The van der Waals surface area contributed by atoms with Crippen LogP contribution in [0.3, 0.4) is 0 Å². The topological polar surface area (TPSA) is 96.2 Å². The van der Waals surface area contributed by atoms with E-state index in [4.69, 9.17) is 9.63 Å². The number of benzene rings is 2. The highest BCUT2D eigenvalue weighted by atomic mass is 16.5. The first-order chi connectivity index (χ1) is 13.1. The normalized spacial score (nSPS) is 10.7. The number of ketones is 1. The van der Waals surface area contributed by atoms with E-state index in [-0.39, 0.29) is 17.0 Å². The number of nitrogens with one attached hydrogen (secondary N) is 1. The molecule has 0 saturated carbocycles. The lowest BCUT2D eigenvalue weighted by Crippen LogP contribution is -2.03. The highest BCUT2D eigenvalue weighted by molar-refractivity contribution is 6.16. The maximum absolute atomic E-state index is 13.2. The number of carboxylic acids is 1. The van der Waals surface area contributed by atoms with Crippen LogP contribution in [0.15, 0.2) is 77.4 Å². The number of hydrogen-bond acceptors (Lipinski definition) is 4. The molecule has 0 saturated heterocycles. The molecule has 4 aromatic rings. The Morgan fingerprint density at radius 3 is 2.15 bits per heavy atom. The van der Waals surface area contributed by atoms with Gasteiger partial charge in [0.05, 0.1) is 5.56 Å². The van der Waals surface area contributed by atoms with Crippen LogP contribution in [0.25, 0.3) is 22.6 Å². The summed E-state index contributed by atoms with van der Waals surface area (Å²) < 4.78 is 5.54. The minimum absolute atomic E-state index is 0.0580. The smallest absolute Gasteiger partial charge is 0.352 e. The lowest BCUT2D eigenvalue weighted by molar-refractivity contribution is 0.0691. The number of nitrogens with zero attached hydrogens (tertiary/aromatic N) is 1. The van der Waals surface area contributed by atoms with E-state index in [1.165, 1.54) is 12.3 Å². The van der Waals surface area contributed by atoms with Crippen LogP contribution in [0.1, 0.15) is 26.4 Å².